The maximum absolute atomic E-state index is 9.37. The Hall–Kier alpha value is -2.61. The number of nitrogens with zero attached hydrogens (tertiary/aromatic N) is 3. The molecule has 0 atom stereocenters. The molecular formula is C16H18N4O. The third-order valence-electron chi connectivity index (χ3n) is 3.28. The molecule has 2 rings (SSSR count). The van der Waals surface area contributed by atoms with Crippen molar-refractivity contribution in [2.45, 2.75) is 33.3 Å². The SMILES string of the molecule is CCc1nnc(OCc2ccc(N)cc2)c(C#N)c1CC. The van der Waals surface area contributed by atoms with E-state index in [1.165, 1.54) is 0 Å². The first-order valence-electron chi connectivity index (χ1n) is 6.95. The molecule has 0 spiro atoms. The van der Waals surface area contributed by atoms with Crippen LogP contribution < -0.4 is 10.5 Å². The molecule has 1 aromatic heterocycles. The second kappa shape index (κ2) is 6.71. The lowest BCUT2D eigenvalue weighted by Crippen LogP contribution is -2.07. The molecule has 0 radical (unpaired) electrons. The smallest absolute Gasteiger partial charge is 0.252 e. The molecule has 1 heterocycles. The minimum atomic E-state index is 0.295. The van der Waals surface area contributed by atoms with Crippen molar-refractivity contribution in [1.29, 1.82) is 5.26 Å². The van der Waals surface area contributed by atoms with E-state index in [0.717, 1.165) is 29.7 Å². The molecule has 108 valence electrons. The minimum Gasteiger partial charge on any atom is -0.471 e. The first-order chi connectivity index (χ1) is 10.2. The standard InChI is InChI=1S/C16H18N4O/c1-3-13-14(9-17)16(20-19-15(13)4-2)21-10-11-5-7-12(18)8-6-11/h5-8H,3-4,10,18H2,1-2H3. The Morgan fingerprint density at radius 1 is 1.14 bits per heavy atom. The van der Waals surface area contributed by atoms with Crippen LogP contribution in [0, 0.1) is 11.3 Å². The van der Waals surface area contributed by atoms with Gasteiger partial charge in [-0.3, -0.25) is 0 Å². The first-order valence-corrected chi connectivity index (χ1v) is 6.95. The maximum Gasteiger partial charge on any atom is 0.252 e. The van der Waals surface area contributed by atoms with Crippen LogP contribution in [0.4, 0.5) is 5.69 Å². The van der Waals surface area contributed by atoms with Crippen molar-refractivity contribution in [3.63, 3.8) is 0 Å². The number of nitriles is 1. The third kappa shape index (κ3) is 3.29. The molecule has 0 amide bonds. The number of hydrogen-bond donors (Lipinski definition) is 1. The summed E-state index contributed by atoms with van der Waals surface area (Å²) >= 11 is 0. The van der Waals surface area contributed by atoms with Gasteiger partial charge in [-0.25, -0.2) is 0 Å². The van der Waals surface area contributed by atoms with Crippen molar-refractivity contribution < 1.29 is 4.74 Å². The predicted molar refractivity (Wildman–Crippen MR) is 80.7 cm³/mol. The number of aryl methyl sites for hydroxylation is 1. The number of anilines is 1. The number of rotatable bonds is 5. The van der Waals surface area contributed by atoms with Gasteiger partial charge in [0.25, 0.3) is 5.88 Å². The minimum absolute atomic E-state index is 0.295. The van der Waals surface area contributed by atoms with Gasteiger partial charge in [0, 0.05) is 5.69 Å². The van der Waals surface area contributed by atoms with E-state index >= 15 is 0 Å². The molecule has 0 unspecified atom stereocenters. The molecule has 2 N–H and O–H groups in total. The molecule has 1 aromatic carbocycles. The molecule has 0 bridgehead atoms. The summed E-state index contributed by atoms with van der Waals surface area (Å²) in [5.41, 5.74) is 9.57. The van der Waals surface area contributed by atoms with Gasteiger partial charge < -0.3 is 10.5 Å². The molecule has 5 heteroatoms. The van der Waals surface area contributed by atoms with Gasteiger partial charge in [-0.1, -0.05) is 26.0 Å². The van der Waals surface area contributed by atoms with Crippen LogP contribution in [0.3, 0.4) is 0 Å². The molecule has 0 saturated heterocycles. The number of nitrogen functional groups attached to an aromatic ring is 1. The van der Waals surface area contributed by atoms with Crippen molar-refractivity contribution in [1.82, 2.24) is 10.2 Å². The Balaban J connectivity index is 2.24. The zero-order valence-electron chi connectivity index (χ0n) is 12.3. The normalized spacial score (nSPS) is 10.1. The number of ether oxygens (including phenoxy) is 1. The van der Waals surface area contributed by atoms with Crippen molar-refractivity contribution in [2.75, 3.05) is 5.73 Å². The quantitative estimate of drug-likeness (QED) is 0.852. The summed E-state index contributed by atoms with van der Waals surface area (Å²) in [5.74, 6) is 0.295. The van der Waals surface area contributed by atoms with Crippen LogP contribution in [0.1, 0.15) is 36.2 Å². The lowest BCUT2D eigenvalue weighted by Gasteiger charge is -2.11. The Morgan fingerprint density at radius 3 is 2.43 bits per heavy atom. The molecular weight excluding hydrogens is 264 g/mol. The molecule has 5 nitrogen and oxygen atoms in total. The summed E-state index contributed by atoms with van der Waals surface area (Å²) < 4.78 is 5.66. The number of hydrogen-bond acceptors (Lipinski definition) is 5. The number of aromatic nitrogens is 2. The van der Waals surface area contributed by atoms with Crippen molar-refractivity contribution >= 4 is 5.69 Å². The molecule has 0 saturated carbocycles. The van der Waals surface area contributed by atoms with Gasteiger partial charge in [0.2, 0.25) is 0 Å². The Bertz CT molecular complexity index is 659. The topological polar surface area (TPSA) is 84.8 Å². The molecule has 2 aromatic rings. The highest BCUT2D eigenvalue weighted by atomic mass is 16.5. The highest BCUT2D eigenvalue weighted by Crippen LogP contribution is 2.22. The summed E-state index contributed by atoms with van der Waals surface area (Å²) in [6.07, 6.45) is 1.49. The van der Waals surface area contributed by atoms with Crippen molar-refractivity contribution in [3.05, 3.63) is 46.6 Å². The highest BCUT2D eigenvalue weighted by Gasteiger charge is 2.15. The van der Waals surface area contributed by atoms with E-state index in [9.17, 15) is 5.26 Å². The van der Waals surface area contributed by atoms with E-state index in [2.05, 4.69) is 16.3 Å². The Labute approximate surface area is 124 Å². The average Bonchev–Trinajstić information content (AvgIpc) is 2.53. The van der Waals surface area contributed by atoms with E-state index < -0.39 is 0 Å². The summed E-state index contributed by atoms with van der Waals surface area (Å²) in [4.78, 5) is 0. The molecule has 0 aliphatic heterocycles. The van der Waals surface area contributed by atoms with Gasteiger partial charge in [-0.15, -0.1) is 5.10 Å². The Morgan fingerprint density at radius 2 is 1.86 bits per heavy atom. The molecule has 0 aliphatic rings. The number of nitrogens with two attached hydrogens (primary N) is 1. The third-order valence-corrected chi connectivity index (χ3v) is 3.28. The lowest BCUT2D eigenvalue weighted by atomic mass is 10.0. The fourth-order valence-corrected chi connectivity index (χ4v) is 2.14. The predicted octanol–water partition coefficient (Wildman–Crippen LogP) is 2.63. The van der Waals surface area contributed by atoms with E-state index in [0.29, 0.717) is 23.7 Å². The summed E-state index contributed by atoms with van der Waals surface area (Å²) in [6.45, 7) is 4.33. The van der Waals surface area contributed by atoms with E-state index in [1.807, 2.05) is 38.1 Å². The lowest BCUT2D eigenvalue weighted by molar-refractivity contribution is 0.288. The highest BCUT2D eigenvalue weighted by molar-refractivity contribution is 5.46. The van der Waals surface area contributed by atoms with E-state index in [1.54, 1.807) is 0 Å². The van der Waals surface area contributed by atoms with Crippen LogP contribution in [0.15, 0.2) is 24.3 Å². The van der Waals surface area contributed by atoms with Crippen LogP contribution in [0.2, 0.25) is 0 Å². The molecule has 0 aliphatic carbocycles. The zero-order chi connectivity index (χ0) is 15.2. The second-order valence-electron chi connectivity index (χ2n) is 4.65. The molecule has 0 fully saturated rings. The summed E-state index contributed by atoms with van der Waals surface area (Å²) in [7, 11) is 0. The van der Waals surface area contributed by atoms with Crippen LogP contribution in [-0.2, 0) is 19.4 Å². The number of benzene rings is 1. The second-order valence-corrected chi connectivity index (χ2v) is 4.65. The van der Waals surface area contributed by atoms with Gasteiger partial charge in [0.15, 0.2) is 0 Å². The van der Waals surface area contributed by atoms with Gasteiger partial charge >= 0.3 is 0 Å². The van der Waals surface area contributed by atoms with Crippen LogP contribution in [0.25, 0.3) is 0 Å². The van der Waals surface area contributed by atoms with Gasteiger partial charge in [0.1, 0.15) is 18.2 Å². The molecule has 21 heavy (non-hydrogen) atoms. The fraction of sp³-hybridized carbons (Fsp3) is 0.312. The van der Waals surface area contributed by atoms with E-state index in [4.69, 9.17) is 10.5 Å². The van der Waals surface area contributed by atoms with Crippen LogP contribution in [0.5, 0.6) is 5.88 Å². The van der Waals surface area contributed by atoms with Crippen molar-refractivity contribution in [3.8, 4) is 11.9 Å². The monoisotopic (exact) mass is 282 g/mol. The summed E-state index contributed by atoms with van der Waals surface area (Å²) in [5, 5.41) is 17.6. The van der Waals surface area contributed by atoms with Crippen LogP contribution in [-0.4, -0.2) is 10.2 Å². The Kier molecular flexibility index (Phi) is 4.72. The zero-order valence-corrected chi connectivity index (χ0v) is 12.3. The van der Waals surface area contributed by atoms with Crippen LogP contribution >= 0.6 is 0 Å². The van der Waals surface area contributed by atoms with Crippen molar-refractivity contribution in [2.24, 2.45) is 0 Å². The summed E-state index contributed by atoms with van der Waals surface area (Å²) in [6, 6.07) is 9.58. The first kappa shape index (κ1) is 14.8. The van der Waals surface area contributed by atoms with Gasteiger partial charge in [-0.05, 0) is 36.1 Å². The average molecular weight is 282 g/mol. The fourth-order valence-electron chi connectivity index (χ4n) is 2.14. The van der Waals surface area contributed by atoms with E-state index in [-0.39, 0.29) is 0 Å². The van der Waals surface area contributed by atoms with Gasteiger partial charge in [0.05, 0.1) is 5.69 Å². The largest absolute Gasteiger partial charge is 0.471 e. The van der Waals surface area contributed by atoms with Gasteiger partial charge in [-0.2, -0.15) is 10.4 Å². The maximum atomic E-state index is 9.37.